The van der Waals surface area contributed by atoms with Crippen LogP contribution in [0.4, 0.5) is 0 Å². The highest BCUT2D eigenvalue weighted by Crippen LogP contribution is 2.18. The largest absolute Gasteiger partial charge is 0.312 e. The van der Waals surface area contributed by atoms with Crippen LogP contribution in [0.3, 0.4) is 0 Å². The van der Waals surface area contributed by atoms with Crippen molar-refractivity contribution in [1.82, 2.24) is 14.8 Å². The standard InChI is InChI=1S/C9H13N3S/c1-4-5-6-8(2)13-9-11-10-7-12(9)3/h7-8H,4H2,1-3H3. The van der Waals surface area contributed by atoms with E-state index >= 15 is 0 Å². The van der Waals surface area contributed by atoms with E-state index in [9.17, 15) is 0 Å². The lowest BCUT2D eigenvalue weighted by molar-refractivity contribution is 0.787. The lowest BCUT2D eigenvalue weighted by Crippen LogP contribution is -1.96. The summed E-state index contributed by atoms with van der Waals surface area (Å²) in [7, 11) is 1.93. The summed E-state index contributed by atoms with van der Waals surface area (Å²) in [5, 5.41) is 8.97. The van der Waals surface area contributed by atoms with Gasteiger partial charge < -0.3 is 4.57 Å². The van der Waals surface area contributed by atoms with E-state index in [1.165, 1.54) is 0 Å². The van der Waals surface area contributed by atoms with E-state index < -0.39 is 0 Å². The van der Waals surface area contributed by atoms with Crippen LogP contribution in [0, 0.1) is 11.8 Å². The summed E-state index contributed by atoms with van der Waals surface area (Å²) in [5.74, 6) is 6.18. The summed E-state index contributed by atoms with van der Waals surface area (Å²) in [5.41, 5.74) is 0. The van der Waals surface area contributed by atoms with Gasteiger partial charge in [-0.25, -0.2) is 0 Å². The number of hydrogen-bond donors (Lipinski definition) is 0. The van der Waals surface area contributed by atoms with Gasteiger partial charge in [0.05, 0.1) is 5.25 Å². The first-order chi connectivity index (χ1) is 6.24. The van der Waals surface area contributed by atoms with Crippen LogP contribution in [-0.4, -0.2) is 20.0 Å². The fourth-order valence-electron chi connectivity index (χ4n) is 0.813. The predicted octanol–water partition coefficient (Wildman–Crippen LogP) is 1.71. The monoisotopic (exact) mass is 195 g/mol. The molecule has 1 atom stereocenters. The maximum atomic E-state index is 3.97. The van der Waals surface area contributed by atoms with Gasteiger partial charge in [-0.05, 0) is 6.92 Å². The first kappa shape index (κ1) is 10.1. The molecular weight excluding hydrogens is 182 g/mol. The smallest absolute Gasteiger partial charge is 0.191 e. The van der Waals surface area contributed by atoms with Gasteiger partial charge in [0.25, 0.3) is 0 Å². The molecule has 0 aliphatic carbocycles. The van der Waals surface area contributed by atoms with E-state index in [2.05, 4.69) is 29.0 Å². The van der Waals surface area contributed by atoms with Crippen molar-refractivity contribution in [2.45, 2.75) is 30.7 Å². The minimum Gasteiger partial charge on any atom is -0.312 e. The van der Waals surface area contributed by atoms with Crippen LogP contribution in [-0.2, 0) is 7.05 Å². The Balaban J connectivity index is 2.54. The van der Waals surface area contributed by atoms with Crippen LogP contribution in [0.1, 0.15) is 20.3 Å². The second kappa shape index (κ2) is 4.93. The summed E-state index contributed by atoms with van der Waals surface area (Å²) >= 11 is 1.63. The van der Waals surface area contributed by atoms with Gasteiger partial charge in [-0.15, -0.1) is 16.1 Å². The van der Waals surface area contributed by atoms with Crippen molar-refractivity contribution < 1.29 is 0 Å². The van der Waals surface area contributed by atoms with E-state index in [-0.39, 0.29) is 5.25 Å². The maximum Gasteiger partial charge on any atom is 0.191 e. The van der Waals surface area contributed by atoms with Gasteiger partial charge in [-0.3, -0.25) is 0 Å². The molecule has 4 heteroatoms. The molecule has 0 amide bonds. The molecule has 0 aliphatic rings. The van der Waals surface area contributed by atoms with Crippen molar-refractivity contribution in [3.8, 4) is 11.8 Å². The van der Waals surface area contributed by atoms with Gasteiger partial charge in [-0.1, -0.05) is 24.6 Å². The second-order valence-electron chi connectivity index (χ2n) is 2.66. The van der Waals surface area contributed by atoms with Gasteiger partial charge in [-0.2, -0.15) is 0 Å². The van der Waals surface area contributed by atoms with E-state index in [1.54, 1.807) is 18.1 Å². The Morgan fingerprint density at radius 2 is 2.46 bits per heavy atom. The van der Waals surface area contributed by atoms with Gasteiger partial charge in [0.1, 0.15) is 6.33 Å². The number of nitrogens with zero attached hydrogens (tertiary/aromatic N) is 3. The van der Waals surface area contributed by atoms with Gasteiger partial charge in [0.2, 0.25) is 0 Å². The highest BCUT2D eigenvalue weighted by Gasteiger charge is 2.05. The minimum absolute atomic E-state index is 0.280. The average molecular weight is 195 g/mol. The van der Waals surface area contributed by atoms with Gasteiger partial charge >= 0.3 is 0 Å². The Kier molecular flexibility index (Phi) is 3.84. The maximum absolute atomic E-state index is 3.97. The van der Waals surface area contributed by atoms with E-state index in [0.717, 1.165) is 11.6 Å². The van der Waals surface area contributed by atoms with Crippen LogP contribution >= 0.6 is 11.8 Å². The van der Waals surface area contributed by atoms with Crippen molar-refractivity contribution in [3.63, 3.8) is 0 Å². The topological polar surface area (TPSA) is 30.7 Å². The Morgan fingerprint density at radius 1 is 1.69 bits per heavy atom. The fourth-order valence-corrected chi connectivity index (χ4v) is 1.58. The van der Waals surface area contributed by atoms with E-state index in [0.29, 0.717) is 0 Å². The third-order valence-electron chi connectivity index (χ3n) is 1.43. The second-order valence-corrected chi connectivity index (χ2v) is 3.97. The summed E-state index contributed by atoms with van der Waals surface area (Å²) in [6.07, 6.45) is 2.60. The van der Waals surface area contributed by atoms with E-state index in [4.69, 9.17) is 0 Å². The number of aromatic nitrogens is 3. The molecule has 1 unspecified atom stereocenters. The molecule has 0 fully saturated rings. The molecule has 13 heavy (non-hydrogen) atoms. The highest BCUT2D eigenvalue weighted by atomic mass is 32.2. The minimum atomic E-state index is 0.280. The molecule has 0 radical (unpaired) electrons. The zero-order valence-electron chi connectivity index (χ0n) is 8.11. The molecular formula is C9H13N3S. The van der Waals surface area contributed by atoms with Crippen LogP contribution < -0.4 is 0 Å². The number of thioether (sulfide) groups is 1. The number of aryl methyl sites for hydroxylation is 1. The van der Waals surface area contributed by atoms with Crippen molar-refractivity contribution in [3.05, 3.63) is 6.33 Å². The quantitative estimate of drug-likeness (QED) is 0.531. The fraction of sp³-hybridized carbons (Fsp3) is 0.556. The molecule has 0 aliphatic heterocycles. The van der Waals surface area contributed by atoms with Crippen LogP contribution in [0.25, 0.3) is 0 Å². The molecule has 1 aromatic heterocycles. The molecule has 1 rings (SSSR count). The van der Waals surface area contributed by atoms with Crippen molar-refractivity contribution >= 4 is 11.8 Å². The van der Waals surface area contributed by atoms with Crippen molar-refractivity contribution in [1.29, 1.82) is 0 Å². The third kappa shape index (κ3) is 3.11. The Labute approximate surface area is 82.9 Å². The lowest BCUT2D eigenvalue weighted by atomic mass is 10.4. The summed E-state index contributed by atoms with van der Waals surface area (Å²) in [6, 6.07) is 0. The third-order valence-corrected chi connectivity index (χ3v) is 2.49. The van der Waals surface area contributed by atoms with Crippen LogP contribution in [0.15, 0.2) is 11.5 Å². The zero-order valence-corrected chi connectivity index (χ0v) is 8.93. The Morgan fingerprint density at radius 3 is 3.00 bits per heavy atom. The number of rotatable bonds is 2. The van der Waals surface area contributed by atoms with Crippen molar-refractivity contribution in [2.75, 3.05) is 0 Å². The Hall–Kier alpha value is -0.950. The molecule has 0 spiro atoms. The van der Waals surface area contributed by atoms with Gasteiger partial charge in [0.15, 0.2) is 5.16 Å². The molecule has 0 bridgehead atoms. The zero-order chi connectivity index (χ0) is 9.68. The summed E-state index contributed by atoms with van der Waals surface area (Å²) in [4.78, 5) is 0. The average Bonchev–Trinajstić information content (AvgIpc) is 2.48. The molecule has 1 aromatic rings. The first-order valence-electron chi connectivity index (χ1n) is 4.23. The predicted molar refractivity (Wildman–Crippen MR) is 54.4 cm³/mol. The molecule has 0 saturated heterocycles. The molecule has 0 saturated carbocycles. The molecule has 0 aromatic carbocycles. The molecule has 70 valence electrons. The van der Waals surface area contributed by atoms with Crippen LogP contribution in [0.2, 0.25) is 0 Å². The SMILES string of the molecule is CCC#CC(C)Sc1nncn1C. The van der Waals surface area contributed by atoms with Gasteiger partial charge in [0, 0.05) is 13.5 Å². The lowest BCUT2D eigenvalue weighted by Gasteiger charge is -2.01. The number of hydrogen-bond acceptors (Lipinski definition) is 3. The molecule has 0 N–H and O–H groups in total. The van der Waals surface area contributed by atoms with E-state index in [1.807, 2.05) is 18.5 Å². The normalized spacial score (nSPS) is 11.9. The van der Waals surface area contributed by atoms with Crippen LogP contribution in [0.5, 0.6) is 0 Å². The Bertz CT molecular complexity index is 321. The molecule has 1 heterocycles. The summed E-state index contributed by atoms with van der Waals surface area (Å²) in [6.45, 7) is 4.12. The first-order valence-corrected chi connectivity index (χ1v) is 5.11. The summed E-state index contributed by atoms with van der Waals surface area (Å²) < 4.78 is 1.90. The molecule has 3 nitrogen and oxygen atoms in total. The van der Waals surface area contributed by atoms with Crippen molar-refractivity contribution in [2.24, 2.45) is 7.05 Å². The highest BCUT2D eigenvalue weighted by molar-refractivity contribution is 8.00.